The molecule has 0 unspecified atom stereocenters. The zero-order valence-electron chi connectivity index (χ0n) is 14.4. The molecule has 3 N–H and O–H groups in total. The Hall–Kier alpha value is -2.07. The Kier molecular flexibility index (Phi) is 4.98. The van der Waals surface area contributed by atoms with Crippen LogP contribution < -0.4 is 5.32 Å². The second-order valence-corrected chi connectivity index (χ2v) is 9.50. The lowest BCUT2D eigenvalue weighted by molar-refractivity contribution is -0.161. The van der Waals surface area contributed by atoms with Crippen molar-refractivity contribution in [1.82, 2.24) is 10.2 Å². The normalized spacial score (nSPS) is 26.7. The fourth-order valence-electron chi connectivity index (χ4n) is 3.48. The summed E-state index contributed by atoms with van der Waals surface area (Å²) in [6.07, 6.45) is 0. The van der Waals surface area contributed by atoms with E-state index in [1.54, 1.807) is 32.0 Å². The van der Waals surface area contributed by atoms with Crippen LogP contribution in [0.25, 0.3) is 0 Å². The number of carboxylic acids is 2. The molecule has 0 radical (unpaired) electrons. The molecule has 1 aromatic rings. The van der Waals surface area contributed by atoms with Gasteiger partial charge in [0.15, 0.2) is 5.92 Å². The summed E-state index contributed by atoms with van der Waals surface area (Å²) in [6.45, 7) is 3.45. The summed E-state index contributed by atoms with van der Waals surface area (Å²) in [5.74, 6) is -5.27. The van der Waals surface area contributed by atoms with Gasteiger partial charge in [-0.2, -0.15) is 0 Å². The molecule has 10 heteroatoms. The van der Waals surface area contributed by atoms with E-state index in [1.807, 2.05) is 0 Å². The highest BCUT2D eigenvalue weighted by Gasteiger charge is 2.64. The third-order valence-corrected chi connectivity index (χ3v) is 6.99. The number of carbonyl (C=O) groups is 4. The first-order valence-corrected chi connectivity index (χ1v) is 9.74. The minimum Gasteiger partial charge on any atom is -0.480 e. The van der Waals surface area contributed by atoms with E-state index >= 15 is 0 Å². The molecule has 2 saturated heterocycles. The van der Waals surface area contributed by atoms with Crippen molar-refractivity contribution in [3.8, 4) is 0 Å². The van der Waals surface area contributed by atoms with Gasteiger partial charge < -0.3 is 20.4 Å². The van der Waals surface area contributed by atoms with Crippen molar-refractivity contribution < 1.29 is 29.4 Å². The molecule has 0 aliphatic carbocycles. The number of β-lactam (4-membered cyclic amide) rings is 1. The second-order valence-electron chi connectivity index (χ2n) is 6.88. The smallest absolute Gasteiger partial charge is 0.327 e. The van der Waals surface area contributed by atoms with Gasteiger partial charge in [0.25, 0.3) is 0 Å². The molecule has 2 fully saturated rings. The lowest BCUT2D eigenvalue weighted by atomic mass is 9.94. The predicted octanol–water partition coefficient (Wildman–Crippen LogP) is 1.25. The van der Waals surface area contributed by atoms with Crippen LogP contribution in [-0.2, 0) is 19.2 Å². The highest BCUT2D eigenvalue weighted by atomic mass is 79.9. The van der Waals surface area contributed by atoms with E-state index in [2.05, 4.69) is 21.2 Å². The van der Waals surface area contributed by atoms with E-state index < -0.39 is 51.9 Å². The van der Waals surface area contributed by atoms with Crippen LogP contribution >= 0.6 is 27.7 Å². The van der Waals surface area contributed by atoms with Crippen molar-refractivity contribution in [2.24, 2.45) is 0 Å². The number of thioether (sulfide) groups is 1. The van der Waals surface area contributed by atoms with Gasteiger partial charge in [0.2, 0.25) is 11.8 Å². The number of hydrogen-bond acceptors (Lipinski definition) is 5. The minimum absolute atomic E-state index is 0.272. The molecule has 0 bridgehead atoms. The average molecular weight is 457 g/mol. The van der Waals surface area contributed by atoms with Crippen molar-refractivity contribution in [3.05, 3.63) is 34.3 Å². The van der Waals surface area contributed by atoms with Crippen LogP contribution in [0.5, 0.6) is 0 Å². The molecular formula is C17H17BrN2O6S. The molecule has 27 heavy (non-hydrogen) atoms. The molecule has 2 aliphatic heterocycles. The third kappa shape index (κ3) is 3.20. The molecule has 0 aromatic heterocycles. The zero-order valence-corrected chi connectivity index (χ0v) is 16.8. The van der Waals surface area contributed by atoms with Gasteiger partial charge in [-0.25, -0.2) is 4.79 Å². The number of benzene rings is 1. The number of fused-ring (bicyclic) bond motifs is 1. The average Bonchev–Trinajstić information content (AvgIpc) is 2.82. The van der Waals surface area contributed by atoms with Crippen LogP contribution in [0.15, 0.2) is 28.7 Å². The topological polar surface area (TPSA) is 124 Å². The highest BCUT2D eigenvalue weighted by Crippen LogP contribution is 2.50. The second kappa shape index (κ2) is 6.83. The molecule has 8 nitrogen and oxygen atoms in total. The lowest BCUT2D eigenvalue weighted by Gasteiger charge is -2.43. The van der Waals surface area contributed by atoms with Gasteiger partial charge in [-0.05, 0) is 25.5 Å². The third-order valence-electron chi connectivity index (χ3n) is 4.70. The monoisotopic (exact) mass is 456 g/mol. The van der Waals surface area contributed by atoms with E-state index in [0.29, 0.717) is 4.47 Å². The number of carboxylic acid groups (broad SMARTS) is 2. The molecule has 0 saturated carbocycles. The zero-order chi connectivity index (χ0) is 20.1. The van der Waals surface area contributed by atoms with Crippen LogP contribution in [0.4, 0.5) is 0 Å². The van der Waals surface area contributed by atoms with Crippen LogP contribution in [-0.4, -0.2) is 61.1 Å². The van der Waals surface area contributed by atoms with Gasteiger partial charge in [0, 0.05) is 9.22 Å². The van der Waals surface area contributed by atoms with E-state index in [0.717, 1.165) is 0 Å². The fraction of sp³-hybridized carbons (Fsp3) is 0.412. The van der Waals surface area contributed by atoms with Crippen LogP contribution in [0.2, 0.25) is 0 Å². The Labute approximate surface area is 167 Å². The summed E-state index contributed by atoms with van der Waals surface area (Å²) >= 11 is 4.52. The Balaban J connectivity index is 1.81. The maximum absolute atomic E-state index is 12.6. The van der Waals surface area contributed by atoms with E-state index in [1.165, 1.54) is 22.7 Å². The van der Waals surface area contributed by atoms with E-state index in [-0.39, 0.29) is 5.56 Å². The maximum Gasteiger partial charge on any atom is 0.327 e. The van der Waals surface area contributed by atoms with Crippen molar-refractivity contribution in [2.45, 2.75) is 42.0 Å². The Bertz CT molecular complexity index is 844. The van der Waals surface area contributed by atoms with Gasteiger partial charge in [-0.1, -0.05) is 34.1 Å². The quantitative estimate of drug-likeness (QED) is 0.449. The van der Waals surface area contributed by atoms with E-state index in [9.17, 15) is 29.4 Å². The summed E-state index contributed by atoms with van der Waals surface area (Å²) < 4.78 is -0.253. The minimum atomic E-state index is -1.49. The van der Waals surface area contributed by atoms with Crippen molar-refractivity contribution in [2.75, 3.05) is 0 Å². The van der Waals surface area contributed by atoms with Crippen molar-refractivity contribution in [1.29, 1.82) is 0 Å². The molecule has 2 heterocycles. The molecule has 0 spiro atoms. The summed E-state index contributed by atoms with van der Waals surface area (Å²) in [5, 5.41) is 20.9. The summed E-state index contributed by atoms with van der Waals surface area (Å²) in [7, 11) is 0. The Morgan fingerprint density at radius 2 is 1.89 bits per heavy atom. The maximum atomic E-state index is 12.6. The van der Waals surface area contributed by atoms with Crippen molar-refractivity contribution >= 4 is 51.4 Å². The number of hydrogen-bond donors (Lipinski definition) is 3. The fourth-order valence-corrected chi connectivity index (χ4v) is 5.62. The SMILES string of the molecule is CC1(C)S[C@@H]2[C@H](NC(=O)[C@@H](C(=O)O)c3ccccc3Br)C(=O)N2[C@H]1C(=O)O. The summed E-state index contributed by atoms with van der Waals surface area (Å²) in [6, 6.07) is 4.52. The van der Waals surface area contributed by atoms with Gasteiger partial charge >= 0.3 is 11.9 Å². The molecular weight excluding hydrogens is 440 g/mol. The van der Waals surface area contributed by atoms with Crippen molar-refractivity contribution in [3.63, 3.8) is 0 Å². The predicted molar refractivity (Wildman–Crippen MR) is 100 cm³/mol. The first kappa shape index (κ1) is 19.7. The summed E-state index contributed by atoms with van der Waals surface area (Å²) in [4.78, 5) is 49.5. The molecule has 2 aliphatic rings. The number of amides is 2. The molecule has 1 aromatic carbocycles. The first-order chi connectivity index (χ1) is 12.6. The van der Waals surface area contributed by atoms with Gasteiger partial charge in [0.1, 0.15) is 17.5 Å². The van der Waals surface area contributed by atoms with Crippen LogP contribution in [0.3, 0.4) is 0 Å². The molecule has 3 rings (SSSR count). The Morgan fingerprint density at radius 3 is 2.44 bits per heavy atom. The largest absolute Gasteiger partial charge is 0.480 e. The van der Waals surface area contributed by atoms with Crippen LogP contribution in [0, 0.1) is 0 Å². The van der Waals surface area contributed by atoms with Gasteiger partial charge in [0.05, 0.1) is 0 Å². The molecule has 4 atom stereocenters. The van der Waals surface area contributed by atoms with E-state index in [4.69, 9.17) is 0 Å². The standard InChI is InChI=1S/C17H17BrN2O6S/c1-17(2)11(16(25)26)20-13(22)10(14(20)27-17)19-12(21)9(15(23)24)7-5-3-4-6-8(7)18/h3-6,9-11,14H,1-2H3,(H,19,21)(H,23,24)(H,25,26)/t9-,10+,11-,14+/m0/s1. The highest BCUT2D eigenvalue weighted by molar-refractivity contribution is 9.10. The number of rotatable bonds is 5. The summed E-state index contributed by atoms with van der Waals surface area (Å²) in [5.41, 5.74) is 0.272. The number of carbonyl (C=O) groups excluding carboxylic acids is 2. The van der Waals surface area contributed by atoms with Gasteiger partial charge in [-0.3, -0.25) is 14.4 Å². The van der Waals surface area contributed by atoms with Crippen LogP contribution in [0.1, 0.15) is 25.3 Å². The van der Waals surface area contributed by atoms with Gasteiger partial charge in [-0.15, -0.1) is 11.8 Å². The first-order valence-electron chi connectivity index (χ1n) is 8.06. The Morgan fingerprint density at radius 1 is 1.26 bits per heavy atom. The molecule has 144 valence electrons. The lowest BCUT2D eigenvalue weighted by Crippen LogP contribution is -2.71. The number of nitrogens with zero attached hydrogens (tertiary/aromatic N) is 1. The molecule has 2 amide bonds. The number of nitrogens with one attached hydrogen (secondary N) is 1. The number of aliphatic carboxylic acids is 2. The number of halogens is 1.